The van der Waals surface area contributed by atoms with Gasteiger partial charge in [0.15, 0.2) is 6.23 Å². The fourth-order valence-electron chi connectivity index (χ4n) is 3.21. The van der Waals surface area contributed by atoms with E-state index in [9.17, 15) is 4.79 Å². The van der Waals surface area contributed by atoms with Crippen LogP contribution < -0.4 is 10.7 Å². The van der Waals surface area contributed by atoms with Crippen LogP contribution >= 0.6 is 11.6 Å². The number of carbonyl (C=O) groups is 1. The fourth-order valence-corrected chi connectivity index (χ4v) is 3.59. The van der Waals surface area contributed by atoms with Gasteiger partial charge in [-0.25, -0.2) is 5.43 Å². The SMILES string of the molecule is COC1=C(C2=C(Cl)C(C(=O)Nc3cnc(C)cc3C)NN2C)C=NC(OC)C1. The normalized spacial score (nSPS) is 22.1. The van der Waals surface area contributed by atoms with Gasteiger partial charge < -0.3 is 19.8 Å². The van der Waals surface area contributed by atoms with Gasteiger partial charge in [0.25, 0.3) is 0 Å². The minimum atomic E-state index is -0.735. The van der Waals surface area contributed by atoms with E-state index in [-0.39, 0.29) is 12.1 Å². The van der Waals surface area contributed by atoms with Gasteiger partial charge in [-0.2, -0.15) is 0 Å². The number of pyridine rings is 1. The van der Waals surface area contributed by atoms with Crippen molar-refractivity contribution in [1.29, 1.82) is 0 Å². The van der Waals surface area contributed by atoms with E-state index in [1.807, 2.05) is 19.9 Å². The van der Waals surface area contributed by atoms with Crippen LogP contribution in [-0.4, -0.2) is 55.7 Å². The van der Waals surface area contributed by atoms with Gasteiger partial charge in [-0.1, -0.05) is 11.6 Å². The highest BCUT2D eigenvalue weighted by atomic mass is 35.5. The van der Waals surface area contributed by atoms with Crippen LogP contribution in [-0.2, 0) is 14.3 Å². The molecule has 2 atom stereocenters. The zero-order chi connectivity index (χ0) is 20.4. The number of anilines is 1. The van der Waals surface area contributed by atoms with Gasteiger partial charge in [0.05, 0.1) is 41.7 Å². The Morgan fingerprint density at radius 3 is 2.79 bits per heavy atom. The Morgan fingerprint density at radius 2 is 2.14 bits per heavy atom. The molecule has 1 aromatic rings. The number of dihydropyridines is 1. The van der Waals surface area contributed by atoms with Crippen molar-refractivity contribution in [3.05, 3.63) is 45.6 Å². The molecule has 3 heterocycles. The molecule has 2 unspecified atom stereocenters. The molecular weight excluding hydrogens is 382 g/mol. The van der Waals surface area contributed by atoms with E-state index < -0.39 is 6.04 Å². The number of ether oxygens (including phenoxy) is 2. The van der Waals surface area contributed by atoms with Crippen LogP contribution in [0.3, 0.4) is 0 Å². The molecule has 0 bridgehead atoms. The average Bonchev–Trinajstić information content (AvgIpc) is 2.97. The van der Waals surface area contributed by atoms with Crippen LogP contribution in [0.5, 0.6) is 0 Å². The number of methoxy groups -OCH3 is 2. The zero-order valence-corrected chi connectivity index (χ0v) is 17.3. The molecule has 0 spiro atoms. The lowest BCUT2D eigenvalue weighted by Gasteiger charge is -2.24. The van der Waals surface area contributed by atoms with Crippen molar-refractivity contribution < 1.29 is 14.3 Å². The van der Waals surface area contributed by atoms with Gasteiger partial charge in [-0.3, -0.25) is 14.8 Å². The fraction of sp³-hybridized carbons (Fsp3) is 0.421. The lowest BCUT2D eigenvalue weighted by atomic mass is 10.1. The molecule has 28 heavy (non-hydrogen) atoms. The molecule has 0 fully saturated rings. The molecule has 2 aliphatic rings. The van der Waals surface area contributed by atoms with Crippen molar-refractivity contribution in [3.63, 3.8) is 0 Å². The van der Waals surface area contributed by atoms with E-state index in [1.54, 1.807) is 38.7 Å². The second kappa shape index (κ2) is 8.30. The number of hydrazine groups is 1. The maximum Gasteiger partial charge on any atom is 0.248 e. The van der Waals surface area contributed by atoms with Gasteiger partial charge in [-0.15, -0.1) is 0 Å². The number of likely N-dealkylation sites (N-methyl/N-ethyl adjacent to an activating group) is 1. The Bertz CT molecular complexity index is 880. The maximum atomic E-state index is 12.8. The quantitative estimate of drug-likeness (QED) is 0.781. The van der Waals surface area contributed by atoms with Crippen molar-refractivity contribution in [2.75, 3.05) is 26.6 Å². The number of rotatable bonds is 5. The number of hydrogen-bond acceptors (Lipinski definition) is 7. The molecule has 1 amide bonds. The van der Waals surface area contributed by atoms with Crippen LogP contribution in [0, 0.1) is 13.8 Å². The Balaban J connectivity index is 1.87. The minimum absolute atomic E-state index is 0.275. The summed E-state index contributed by atoms with van der Waals surface area (Å²) in [5.74, 6) is 0.422. The molecule has 0 saturated heterocycles. The van der Waals surface area contributed by atoms with Crippen molar-refractivity contribution in [2.24, 2.45) is 4.99 Å². The first-order valence-electron chi connectivity index (χ1n) is 8.82. The number of aromatic nitrogens is 1. The number of nitrogens with one attached hydrogen (secondary N) is 2. The largest absolute Gasteiger partial charge is 0.500 e. The molecule has 0 radical (unpaired) electrons. The number of aryl methyl sites for hydroxylation is 2. The molecular formula is C19H24ClN5O3. The van der Waals surface area contributed by atoms with E-state index in [1.165, 1.54) is 0 Å². The Hall–Kier alpha value is -2.42. The lowest BCUT2D eigenvalue weighted by Crippen LogP contribution is -2.42. The minimum Gasteiger partial charge on any atom is -0.500 e. The van der Waals surface area contributed by atoms with E-state index in [2.05, 4.69) is 20.7 Å². The third-order valence-electron chi connectivity index (χ3n) is 4.71. The summed E-state index contributed by atoms with van der Waals surface area (Å²) < 4.78 is 10.8. The molecule has 9 heteroatoms. The summed E-state index contributed by atoms with van der Waals surface area (Å²) in [6, 6.07) is 1.18. The maximum absolute atomic E-state index is 12.8. The molecule has 8 nitrogen and oxygen atoms in total. The predicted molar refractivity (Wildman–Crippen MR) is 108 cm³/mol. The summed E-state index contributed by atoms with van der Waals surface area (Å²) in [6.07, 6.45) is 3.50. The van der Waals surface area contributed by atoms with Crippen LogP contribution in [0.25, 0.3) is 0 Å². The molecule has 2 N–H and O–H groups in total. The molecule has 2 aliphatic heterocycles. The molecule has 3 rings (SSSR count). The van der Waals surface area contributed by atoms with E-state index in [0.717, 1.165) is 16.8 Å². The number of aliphatic imine (C=N–C) groups is 1. The summed E-state index contributed by atoms with van der Waals surface area (Å²) in [6.45, 7) is 3.82. The first kappa shape index (κ1) is 20.3. The smallest absolute Gasteiger partial charge is 0.248 e. The van der Waals surface area contributed by atoms with Crippen molar-refractivity contribution in [3.8, 4) is 0 Å². The highest BCUT2D eigenvalue weighted by Crippen LogP contribution is 2.33. The number of amides is 1. The lowest BCUT2D eigenvalue weighted by molar-refractivity contribution is -0.117. The van der Waals surface area contributed by atoms with Crippen molar-refractivity contribution >= 4 is 29.4 Å². The molecule has 1 aromatic heterocycles. The van der Waals surface area contributed by atoms with Gasteiger partial charge in [0.1, 0.15) is 11.8 Å². The van der Waals surface area contributed by atoms with Crippen molar-refractivity contribution in [1.82, 2.24) is 15.4 Å². The molecule has 0 aliphatic carbocycles. The second-order valence-electron chi connectivity index (χ2n) is 6.66. The van der Waals surface area contributed by atoms with Gasteiger partial charge in [0.2, 0.25) is 5.91 Å². The summed E-state index contributed by atoms with van der Waals surface area (Å²) in [4.78, 5) is 21.4. The zero-order valence-electron chi connectivity index (χ0n) is 16.5. The number of hydrogen-bond donors (Lipinski definition) is 2. The van der Waals surface area contributed by atoms with Crippen LogP contribution in [0.15, 0.2) is 39.3 Å². The third kappa shape index (κ3) is 3.89. The highest BCUT2D eigenvalue weighted by Gasteiger charge is 2.37. The van der Waals surface area contributed by atoms with E-state index in [4.69, 9.17) is 21.1 Å². The Labute approximate surface area is 169 Å². The van der Waals surface area contributed by atoms with Gasteiger partial charge in [-0.05, 0) is 25.5 Å². The summed E-state index contributed by atoms with van der Waals surface area (Å²) >= 11 is 6.61. The molecule has 150 valence electrons. The number of carbonyl (C=O) groups excluding carboxylic acids is 1. The predicted octanol–water partition coefficient (Wildman–Crippen LogP) is 2.25. The molecule has 0 aromatic carbocycles. The molecule has 0 saturated carbocycles. The topological polar surface area (TPSA) is 88.1 Å². The summed E-state index contributed by atoms with van der Waals surface area (Å²) in [5, 5.41) is 4.96. The number of nitrogens with zero attached hydrogens (tertiary/aromatic N) is 3. The van der Waals surface area contributed by atoms with Crippen molar-refractivity contribution in [2.45, 2.75) is 32.5 Å². The Kier molecular flexibility index (Phi) is 6.02. The highest BCUT2D eigenvalue weighted by molar-refractivity contribution is 6.33. The standard InChI is InChI=1S/C19H24ClN5O3/c1-10-6-11(2)21-9-13(10)23-19(26)17-16(20)18(25(3)24-17)12-8-22-15(28-5)7-14(12)27-4/h6,8-9,15,17,24H,7H2,1-5H3,(H,23,26). The first-order valence-corrected chi connectivity index (χ1v) is 9.20. The summed E-state index contributed by atoms with van der Waals surface area (Å²) in [5.41, 5.74) is 6.92. The van der Waals surface area contributed by atoms with Crippen LogP contribution in [0.1, 0.15) is 17.7 Å². The number of allylic oxidation sites excluding steroid dienone is 1. The first-order chi connectivity index (χ1) is 13.3. The van der Waals surface area contributed by atoms with Crippen LogP contribution in [0.4, 0.5) is 5.69 Å². The third-order valence-corrected chi connectivity index (χ3v) is 5.11. The van der Waals surface area contributed by atoms with E-state index in [0.29, 0.717) is 28.6 Å². The van der Waals surface area contributed by atoms with E-state index >= 15 is 0 Å². The number of halogens is 1. The average molecular weight is 406 g/mol. The second-order valence-corrected chi connectivity index (χ2v) is 7.07. The monoisotopic (exact) mass is 405 g/mol. The Morgan fingerprint density at radius 1 is 1.39 bits per heavy atom. The summed E-state index contributed by atoms with van der Waals surface area (Å²) in [7, 11) is 4.98. The van der Waals surface area contributed by atoms with Crippen LogP contribution in [0.2, 0.25) is 0 Å². The van der Waals surface area contributed by atoms with Gasteiger partial charge >= 0.3 is 0 Å². The van der Waals surface area contributed by atoms with Gasteiger partial charge in [0, 0.05) is 26.1 Å².